The van der Waals surface area contributed by atoms with Crippen LogP contribution in [-0.4, -0.2) is 14.2 Å². The van der Waals surface area contributed by atoms with Crippen molar-refractivity contribution in [3.8, 4) is 28.7 Å². The van der Waals surface area contributed by atoms with Crippen molar-refractivity contribution in [1.82, 2.24) is 0 Å². The van der Waals surface area contributed by atoms with Gasteiger partial charge in [0.25, 0.3) is 0 Å². The molecular weight excluding hydrogens is 562 g/mol. The Morgan fingerprint density at radius 2 is 0.913 bits per heavy atom. The zero-order chi connectivity index (χ0) is 30.7. The summed E-state index contributed by atoms with van der Waals surface area (Å²) in [5, 5.41) is 29.1. The van der Waals surface area contributed by atoms with Gasteiger partial charge >= 0.3 is 0 Å². The average Bonchev–Trinajstić information content (AvgIpc) is 3.60. The molecule has 214 valence electrons. The Bertz CT molecular complexity index is 2920. The highest BCUT2D eigenvalue weighted by Crippen LogP contribution is 2.52. The molecular formula is C43H25NO2. The summed E-state index contributed by atoms with van der Waals surface area (Å²) in [4.78, 5) is 0. The van der Waals surface area contributed by atoms with E-state index < -0.39 is 0 Å². The maximum atomic E-state index is 9.67. The number of hydrogen-bond acceptors (Lipinski definition) is 3. The van der Waals surface area contributed by atoms with Crippen LogP contribution < -0.4 is 9.47 Å². The summed E-state index contributed by atoms with van der Waals surface area (Å²) < 4.78 is 11.9. The highest BCUT2D eigenvalue weighted by Gasteiger charge is 2.24. The van der Waals surface area contributed by atoms with E-state index in [-0.39, 0.29) is 0 Å². The molecule has 0 heterocycles. The van der Waals surface area contributed by atoms with Crippen molar-refractivity contribution in [2.45, 2.75) is 0 Å². The number of nitrogens with zero attached hydrogens (tertiary/aromatic N) is 1. The Labute approximate surface area is 264 Å². The van der Waals surface area contributed by atoms with Crippen molar-refractivity contribution in [1.29, 1.82) is 5.26 Å². The van der Waals surface area contributed by atoms with Gasteiger partial charge in [-0.25, -0.2) is 0 Å². The van der Waals surface area contributed by atoms with E-state index in [1.165, 1.54) is 86.2 Å². The molecule has 0 amide bonds. The maximum Gasteiger partial charge on any atom is 0.120 e. The van der Waals surface area contributed by atoms with E-state index in [4.69, 9.17) is 9.47 Å². The van der Waals surface area contributed by atoms with Gasteiger partial charge in [-0.05, 0) is 152 Å². The summed E-state index contributed by atoms with van der Waals surface area (Å²) >= 11 is 0. The maximum absolute atomic E-state index is 9.67. The van der Waals surface area contributed by atoms with Crippen molar-refractivity contribution in [3.63, 3.8) is 0 Å². The molecule has 10 aromatic carbocycles. The first-order valence-electron chi connectivity index (χ1n) is 15.5. The molecule has 0 atom stereocenters. The van der Waals surface area contributed by atoms with Gasteiger partial charge in [0.1, 0.15) is 11.5 Å². The largest absolute Gasteiger partial charge is 0.497 e. The molecule has 0 aliphatic rings. The molecule has 0 aliphatic carbocycles. The lowest BCUT2D eigenvalue weighted by molar-refractivity contribution is 0.416. The first kappa shape index (κ1) is 25.2. The van der Waals surface area contributed by atoms with Crippen LogP contribution in [0.1, 0.15) is 5.56 Å². The second kappa shape index (κ2) is 8.97. The SMILES string of the molecule is COc1cc2c3ccccc3c3cc4cc5c6cc7ccccc7c7cc(OC)cc(c5c(-c5ccc(C#N)cc5)c4c(c1)c23)c76. The molecule has 46 heavy (non-hydrogen) atoms. The number of fused-ring (bicyclic) bond motifs is 10. The zero-order valence-electron chi connectivity index (χ0n) is 25.2. The topological polar surface area (TPSA) is 42.2 Å². The summed E-state index contributed by atoms with van der Waals surface area (Å²) in [5.41, 5.74) is 2.88. The Kier molecular flexibility index (Phi) is 4.92. The Hall–Kier alpha value is -6.11. The second-order valence-corrected chi connectivity index (χ2v) is 12.3. The first-order valence-corrected chi connectivity index (χ1v) is 15.5. The van der Waals surface area contributed by atoms with E-state index in [0.717, 1.165) is 22.6 Å². The molecule has 0 fully saturated rings. The van der Waals surface area contributed by atoms with Gasteiger partial charge in [-0.15, -0.1) is 0 Å². The third kappa shape index (κ3) is 3.15. The molecule has 0 saturated heterocycles. The number of rotatable bonds is 3. The van der Waals surface area contributed by atoms with E-state index in [0.29, 0.717) is 5.56 Å². The average molecular weight is 588 g/mol. The fraction of sp³-hybridized carbons (Fsp3) is 0.0465. The fourth-order valence-electron chi connectivity index (χ4n) is 8.17. The monoisotopic (exact) mass is 587 g/mol. The highest BCUT2D eigenvalue weighted by atomic mass is 16.5. The summed E-state index contributed by atoms with van der Waals surface area (Å²) in [5.74, 6) is 1.67. The highest BCUT2D eigenvalue weighted by molar-refractivity contribution is 6.43. The van der Waals surface area contributed by atoms with Crippen molar-refractivity contribution in [3.05, 3.63) is 121 Å². The van der Waals surface area contributed by atoms with E-state index in [2.05, 4.69) is 109 Å². The Balaban J connectivity index is 1.54. The van der Waals surface area contributed by atoms with Gasteiger partial charge in [-0.1, -0.05) is 60.7 Å². The minimum Gasteiger partial charge on any atom is -0.497 e. The molecule has 0 saturated carbocycles. The number of methoxy groups -OCH3 is 2. The van der Waals surface area contributed by atoms with E-state index >= 15 is 0 Å². The Morgan fingerprint density at radius 3 is 1.54 bits per heavy atom. The van der Waals surface area contributed by atoms with Gasteiger partial charge in [0, 0.05) is 0 Å². The molecule has 10 aromatic rings. The van der Waals surface area contributed by atoms with Crippen LogP contribution in [0.25, 0.3) is 97.3 Å². The summed E-state index contributed by atoms with van der Waals surface area (Å²) in [6.45, 7) is 0. The van der Waals surface area contributed by atoms with Crippen LogP contribution in [0.15, 0.2) is 115 Å². The molecule has 0 radical (unpaired) electrons. The second-order valence-electron chi connectivity index (χ2n) is 12.3. The fourth-order valence-corrected chi connectivity index (χ4v) is 8.17. The van der Waals surface area contributed by atoms with E-state index in [9.17, 15) is 5.26 Å². The molecule has 3 heteroatoms. The van der Waals surface area contributed by atoms with E-state index in [1.54, 1.807) is 14.2 Å². The van der Waals surface area contributed by atoms with Crippen molar-refractivity contribution in [2.24, 2.45) is 0 Å². The summed E-state index contributed by atoms with van der Waals surface area (Å²) in [6, 6.07) is 43.5. The third-order valence-electron chi connectivity index (χ3n) is 10.1. The van der Waals surface area contributed by atoms with Crippen LogP contribution in [0.2, 0.25) is 0 Å². The quantitative estimate of drug-likeness (QED) is 0.193. The van der Waals surface area contributed by atoms with Crippen LogP contribution in [0, 0.1) is 11.3 Å². The molecule has 0 N–H and O–H groups in total. The van der Waals surface area contributed by atoms with Gasteiger partial charge in [-0.2, -0.15) is 5.26 Å². The van der Waals surface area contributed by atoms with Gasteiger partial charge in [-0.3, -0.25) is 0 Å². The molecule has 0 aliphatic heterocycles. The molecule has 10 rings (SSSR count). The van der Waals surface area contributed by atoms with Crippen LogP contribution >= 0.6 is 0 Å². The summed E-state index contributed by atoms with van der Waals surface area (Å²) in [7, 11) is 3.49. The van der Waals surface area contributed by atoms with Gasteiger partial charge < -0.3 is 9.47 Å². The van der Waals surface area contributed by atoms with Crippen LogP contribution in [0.4, 0.5) is 0 Å². The first-order chi connectivity index (χ1) is 22.7. The molecule has 3 nitrogen and oxygen atoms in total. The van der Waals surface area contributed by atoms with Crippen molar-refractivity contribution >= 4 is 86.2 Å². The number of ether oxygens (including phenoxy) is 2. The minimum atomic E-state index is 0.642. The van der Waals surface area contributed by atoms with Gasteiger partial charge in [0.2, 0.25) is 0 Å². The third-order valence-corrected chi connectivity index (χ3v) is 10.1. The molecule has 0 spiro atoms. The van der Waals surface area contributed by atoms with Crippen LogP contribution in [0.5, 0.6) is 11.5 Å². The predicted molar refractivity (Wildman–Crippen MR) is 192 cm³/mol. The minimum absolute atomic E-state index is 0.642. The standard InChI is InChI=1S/C43H25NO2/c1-45-27-18-35-29-8-4-3-7-25(29)15-33-34-17-26-16-32-30-9-5-6-10-31(30)36-19-28(46-2)20-37(41(32)36)39(26)40(43(34)38(21-27)42(33)35)24-13-11-23(22-44)12-14-24/h3-21H,1-2H3. The molecule has 0 unspecified atom stereocenters. The number of nitriles is 1. The molecule has 0 aromatic heterocycles. The normalized spacial score (nSPS) is 12.1. The number of benzene rings is 8. The van der Waals surface area contributed by atoms with Crippen molar-refractivity contribution in [2.75, 3.05) is 14.2 Å². The lowest BCUT2D eigenvalue weighted by Crippen LogP contribution is -1.89. The van der Waals surface area contributed by atoms with Gasteiger partial charge in [0.05, 0.1) is 25.9 Å². The van der Waals surface area contributed by atoms with Gasteiger partial charge in [0.15, 0.2) is 0 Å². The summed E-state index contributed by atoms with van der Waals surface area (Å²) in [6.07, 6.45) is 0. The van der Waals surface area contributed by atoms with Crippen LogP contribution in [-0.2, 0) is 0 Å². The zero-order valence-corrected chi connectivity index (χ0v) is 25.2. The molecule has 0 bridgehead atoms. The smallest absolute Gasteiger partial charge is 0.120 e. The van der Waals surface area contributed by atoms with Crippen LogP contribution in [0.3, 0.4) is 0 Å². The number of hydrogen-bond donors (Lipinski definition) is 0. The Morgan fingerprint density at radius 1 is 0.435 bits per heavy atom. The predicted octanol–water partition coefficient (Wildman–Crippen LogP) is 11.3. The van der Waals surface area contributed by atoms with Crippen molar-refractivity contribution < 1.29 is 9.47 Å². The lowest BCUT2D eigenvalue weighted by atomic mass is 9.88. The lowest BCUT2D eigenvalue weighted by Gasteiger charge is -2.15. The van der Waals surface area contributed by atoms with E-state index in [1.807, 2.05) is 12.1 Å².